The third-order valence-corrected chi connectivity index (χ3v) is 9.43. The predicted octanol–water partition coefficient (Wildman–Crippen LogP) is 4.87. The molecule has 0 spiro atoms. The Morgan fingerprint density at radius 2 is 1.15 bits per heavy atom. The van der Waals surface area contributed by atoms with Crippen molar-refractivity contribution in [2.45, 2.75) is 85.5 Å². The Hall–Kier alpha value is -2.45. The van der Waals surface area contributed by atoms with Gasteiger partial charge in [-0.1, -0.05) is 71.6 Å². The number of aryl methyl sites for hydroxylation is 2. The van der Waals surface area contributed by atoms with Gasteiger partial charge in [-0.3, -0.25) is 0 Å². The standard InChI is InChI=1S/C23H29.C15H14.C5H5.2ClH.Hf/c1-14-9-16-11-17-10-15(2)21(23(6,7)8)13-19(17)18(16)12-20(14)22(3,4)5;1-3-8-14(9-4-1)12-7-13-15-10-5-2-6-11-15;1-2-4-5-3-1;;;/h9,12-13H,11H2,1-8H3;1-6,8-11H,12-13H2;1-5H;2*1H;/q-1;;-1;;;+2/p-2. The average Bonchev–Trinajstić information content (AvgIpc) is 3.64. The van der Waals surface area contributed by atoms with Gasteiger partial charge in [0, 0.05) is 0 Å². The Bertz CT molecular complexity index is 1520. The first-order valence-corrected chi connectivity index (χ1v) is 17.6. The number of benzene rings is 4. The molecule has 0 fully saturated rings. The molecule has 1 aliphatic carbocycles. The summed E-state index contributed by atoms with van der Waals surface area (Å²) in [6, 6.07) is 42.4. The van der Waals surface area contributed by atoms with Crippen LogP contribution in [0.3, 0.4) is 0 Å². The van der Waals surface area contributed by atoms with Crippen molar-refractivity contribution < 1.29 is 48.7 Å². The fraction of sp³-hybridized carbons (Fsp3) is 0.302. The van der Waals surface area contributed by atoms with E-state index >= 15 is 0 Å². The smallest absolute Gasteiger partial charge is 0.172 e. The molecule has 5 aromatic rings. The maximum atomic E-state index is 3.69. The van der Waals surface area contributed by atoms with Crippen LogP contribution in [0.1, 0.15) is 86.1 Å². The number of hydrogen-bond donors (Lipinski definition) is 0. The van der Waals surface area contributed by atoms with Crippen molar-refractivity contribution in [1.82, 2.24) is 0 Å². The third-order valence-electron chi connectivity index (χ3n) is 8.16. The van der Waals surface area contributed by atoms with E-state index in [1.165, 1.54) is 79.5 Å². The van der Waals surface area contributed by atoms with Crippen LogP contribution < -0.4 is 24.8 Å². The van der Waals surface area contributed by atoms with Crippen LogP contribution in [0.4, 0.5) is 0 Å². The summed E-state index contributed by atoms with van der Waals surface area (Å²) in [7, 11) is 0. The van der Waals surface area contributed by atoms with E-state index in [1.807, 2.05) is 30.3 Å². The second-order valence-corrected chi connectivity index (χ2v) is 16.6. The van der Waals surface area contributed by atoms with Crippen molar-refractivity contribution in [3.63, 3.8) is 0 Å². The fourth-order valence-electron chi connectivity index (χ4n) is 6.09. The minimum absolute atomic E-state index is 0. The molecule has 5 aromatic carbocycles. The number of hydrogen-bond acceptors (Lipinski definition) is 0. The van der Waals surface area contributed by atoms with Gasteiger partial charge in [0.05, 0.1) is 0 Å². The van der Waals surface area contributed by atoms with Crippen molar-refractivity contribution in [1.29, 1.82) is 0 Å². The van der Waals surface area contributed by atoms with Crippen molar-refractivity contribution in [2.24, 2.45) is 0 Å². The van der Waals surface area contributed by atoms with Gasteiger partial charge in [-0.05, 0) is 35.4 Å². The van der Waals surface area contributed by atoms with Crippen LogP contribution in [-0.4, -0.2) is 3.26 Å². The molecule has 0 nitrogen and oxygen atoms in total. The first kappa shape index (κ1) is 39.7. The third kappa shape index (κ3) is 11.1. The summed E-state index contributed by atoms with van der Waals surface area (Å²) in [6.45, 7) is 18.2. The van der Waals surface area contributed by atoms with Crippen LogP contribution >= 0.6 is 0 Å². The predicted molar refractivity (Wildman–Crippen MR) is 188 cm³/mol. The van der Waals surface area contributed by atoms with Gasteiger partial charge >= 0.3 is 112 Å². The van der Waals surface area contributed by atoms with E-state index in [0.717, 1.165) is 19.3 Å². The number of rotatable bonds is 4. The topological polar surface area (TPSA) is 0 Å². The summed E-state index contributed by atoms with van der Waals surface area (Å²) in [4.78, 5) is 0. The molecule has 1 aliphatic rings. The minimum atomic E-state index is 0. The first-order chi connectivity index (χ1) is 20.8. The van der Waals surface area contributed by atoms with E-state index in [2.05, 4.69) is 140 Å². The molecule has 0 saturated carbocycles. The molecule has 0 aromatic heterocycles. The molecule has 0 bridgehead atoms. The first-order valence-electron chi connectivity index (χ1n) is 15.8. The number of halogens is 2. The van der Waals surface area contributed by atoms with Gasteiger partial charge in [-0.2, -0.15) is 35.9 Å². The summed E-state index contributed by atoms with van der Waals surface area (Å²) in [5.74, 6) is 0. The van der Waals surface area contributed by atoms with Crippen molar-refractivity contribution in [3.8, 4) is 11.1 Å². The van der Waals surface area contributed by atoms with Crippen molar-refractivity contribution in [3.05, 3.63) is 160 Å². The Balaban J connectivity index is 0.000000278. The van der Waals surface area contributed by atoms with E-state index in [4.69, 9.17) is 0 Å². The summed E-state index contributed by atoms with van der Waals surface area (Å²) < 4.78 is 1.65. The second kappa shape index (κ2) is 17.6. The van der Waals surface area contributed by atoms with Crippen LogP contribution in [0.2, 0.25) is 0 Å². The van der Waals surface area contributed by atoms with Crippen molar-refractivity contribution >= 4 is 3.26 Å². The molecule has 0 heterocycles. The van der Waals surface area contributed by atoms with Crippen LogP contribution in [0.25, 0.3) is 11.1 Å². The fourth-order valence-corrected chi connectivity index (χ4v) is 7.56. The Kier molecular flexibility index (Phi) is 15.2. The van der Waals surface area contributed by atoms with Gasteiger partial charge in [0.15, 0.2) is 0 Å². The summed E-state index contributed by atoms with van der Waals surface area (Å²) in [5.41, 5.74) is 14.5. The molecule has 240 valence electrons. The number of fused-ring (bicyclic) bond motifs is 3. The second-order valence-electron chi connectivity index (χ2n) is 14.1. The molecule has 0 saturated heterocycles. The molecular formula is C43H48Cl2Hf-2. The molecular weight excluding hydrogens is 766 g/mol. The maximum absolute atomic E-state index is 3.69. The molecule has 3 heteroatoms. The van der Waals surface area contributed by atoms with Gasteiger partial charge in [0.2, 0.25) is 0 Å². The molecule has 0 aliphatic heterocycles. The van der Waals surface area contributed by atoms with Gasteiger partial charge in [-0.15, -0.1) is 16.7 Å². The van der Waals surface area contributed by atoms with Gasteiger partial charge < -0.3 is 24.8 Å². The molecule has 0 N–H and O–H groups in total. The molecule has 46 heavy (non-hydrogen) atoms. The summed E-state index contributed by atoms with van der Waals surface area (Å²) in [5, 5.41) is 0. The molecule has 0 atom stereocenters. The average molecular weight is 814 g/mol. The van der Waals surface area contributed by atoms with E-state index in [0.29, 0.717) is 0 Å². The maximum Gasteiger partial charge on any atom is -0.172 e. The van der Waals surface area contributed by atoms with Crippen molar-refractivity contribution in [2.75, 3.05) is 0 Å². The summed E-state index contributed by atoms with van der Waals surface area (Å²) in [6.07, 6.45) is 3.31. The Labute approximate surface area is 306 Å². The van der Waals surface area contributed by atoms with E-state index < -0.39 is 0 Å². The Morgan fingerprint density at radius 3 is 1.59 bits per heavy atom. The normalized spacial score (nSPS) is 11.3. The van der Waals surface area contributed by atoms with Crippen LogP contribution in [0.5, 0.6) is 0 Å². The van der Waals surface area contributed by atoms with Crippen LogP contribution in [0.15, 0.2) is 109 Å². The molecule has 6 rings (SSSR count). The van der Waals surface area contributed by atoms with E-state index in [9.17, 15) is 0 Å². The molecule has 0 unspecified atom stereocenters. The Morgan fingerprint density at radius 1 is 0.674 bits per heavy atom. The van der Waals surface area contributed by atoms with E-state index in [-0.39, 0.29) is 35.6 Å². The van der Waals surface area contributed by atoms with E-state index in [1.54, 1.807) is 3.26 Å². The monoisotopic (exact) mass is 814 g/mol. The zero-order valence-electron chi connectivity index (χ0n) is 28.8. The zero-order valence-corrected chi connectivity index (χ0v) is 33.9. The largest absolute Gasteiger partial charge is 0.214 e. The van der Waals surface area contributed by atoms with Gasteiger partial charge in [-0.25, -0.2) is 12.1 Å². The SMILES string of the molecule is Cc1[c-]c2c(cc1C(C)(C)C)-c1cc(C(C)(C)C)c(C)cc1C2.[Cl-].[Cl-].[Hf+2]=[C](Cc1ccccc1)Cc1ccccc1.c1cc[cH-]c1. The minimum Gasteiger partial charge on any atom is -0.214 e. The molecule has 0 amide bonds. The van der Waals surface area contributed by atoms with Crippen LogP contribution in [-0.2, 0) is 54.0 Å². The quantitative estimate of drug-likeness (QED) is 0.176. The van der Waals surface area contributed by atoms with Gasteiger partial charge in [0.1, 0.15) is 0 Å². The van der Waals surface area contributed by atoms with Crippen LogP contribution in [0, 0.1) is 19.9 Å². The molecule has 0 radical (unpaired) electrons. The summed E-state index contributed by atoms with van der Waals surface area (Å²) >= 11 is 1.18. The zero-order chi connectivity index (χ0) is 31.9. The van der Waals surface area contributed by atoms with Gasteiger partial charge in [0.25, 0.3) is 0 Å².